The minimum absolute atomic E-state index is 0.0149. The molecule has 0 aromatic heterocycles. The summed E-state index contributed by atoms with van der Waals surface area (Å²) in [4.78, 5) is 23.6. The van der Waals surface area contributed by atoms with Crippen molar-refractivity contribution in [3.05, 3.63) is 29.3 Å². The van der Waals surface area contributed by atoms with E-state index in [1.54, 1.807) is 13.0 Å². The van der Waals surface area contributed by atoms with Crippen LogP contribution in [0.25, 0.3) is 0 Å². The Balaban J connectivity index is 2.87. The summed E-state index contributed by atoms with van der Waals surface area (Å²) in [5, 5.41) is 13.4. The molecular weight excluding hydrogens is 260 g/mol. The summed E-state index contributed by atoms with van der Waals surface area (Å²) in [6, 6.07) is 4.38. The molecule has 0 heterocycles. The van der Waals surface area contributed by atoms with Crippen molar-refractivity contribution in [2.24, 2.45) is 10.8 Å². The minimum atomic E-state index is -0.725. The molecule has 0 radical (unpaired) electrons. The number of likely N-dealkylation sites (N-methyl/N-ethyl adjacent to an activating group) is 1. The van der Waals surface area contributed by atoms with E-state index >= 15 is 0 Å². The summed E-state index contributed by atoms with van der Waals surface area (Å²) in [6.45, 7) is 1.98. The Hall–Kier alpha value is -2.41. The van der Waals surface area contributed by atoms with Crippen molar-refractivity contribution in [2.75, 3.05) is 20.6 Å². The van der Waals surface area contributed by atoms with Crippen LogP contribution >= 0.6 is 0 Å². The number of phenols is 1. The van der Waals surface area contributed by atoms with E-state index in [0.717, 1.165) is 4.90 Å². The summed E-state index contributed by atoms with van der Waals surface area (Å²) in [6.07, 6.45) is 0. The summed E-state index contributed by atoms with van der Waals surface area (Å²) < 4.78 is 0. The predicted molar refractivity (Wildman–Crippen MR) is 74.7 cm³/mol. The van der Waals surface area contributed by atoms with Crippen molar-refractivity contribution >= 4 is 17.5 Å². The Kier molecular flexibility index (Phi) is 5.22. The van der Waals surface area contributed by atoms with Gasteiger partial charge in [0.1, 0.15) is 5.75 Å². The van der Waals surface area contributed by atoms with Gasteiger partial charge in [0.2, 0.25) is 0 Å². The van der Waals surface area contributed by atoms with Crippen molar-refractivity contribution < 1.29 is 19.6 Å². The molecule has 108 valence electrons. The van der Waals surface area contributed by atoms with Gasteiger partial charge in [-0.1, -0.05) is 0 Å². The first-order valence-electron chi connectivity index (χ1n) is 6.06. The number of hydrazone groups is 1. The molecule has 0 saturated carbocycles. The van der Waals surface area contributed by atoms with E-state index in [1.807, 2.05) is 14.1 Å². The van der Waals surface area contributed by atoms with Crippen molar-refractivity contribution in [1.82, 2.24) is 5.43 Å². The van der Waals surface area contributed by atoms with E-state index in [4.69, 9.17) is 5.73 Å². The van der Waals surface area contributed by atoms with Gasteiger partial charge >= 0.3 is 0 Å². The number of hydrogen-bond acceptors (Lipinski definition) is 4. The first-order chi connectivity index (χ1) is 9.31. The Morgan fingerprint density at radius 2 is 2.05 bits per heavy atom. The van der Waals surface area contributed by atoms with E-state index in [1.165, 1.54) is 12.1 Å². The molecule has 1 rings (SSSR count). The van der Waals surface area contributed by atoms with Gasteiger partial charge in [-0.15, -0.1) is 0 Å². The quantitative estimate of drug-likeness (QED) is 0.388. The highest BCUT2D eigenvalue weighted by Gasteiger charge is 2.10. The monoisotopic (exact) mass is 279 g/mol. The van der Waals surface area contributed by atoms with Gasteiger partial charge in [0.05, 0.1) is 25.4 Å². The number of nitrogens with one attached hydrogen (secondary N) is 2. The van der Waals surface area contributed by atoms with Crippen LogP contribution < -0.4 is 16.1 Å². The second kappa shape index (κ2) is 6.67. The smallest absolute Gasteiger partial charge is 0.295 e. The number of nitrogens with two attached hydrogens (primary N) is 1. The Morgan fingerprint density at radius 3 is 2.60 bits per heavy atom. The number of quaternary nitrogens is 1. The molecule has 0 fully saturated rings. The van der Waals surface area contributed by atoms with Crippen LogP contribution in [0.1, 0.15) is 22.8 Å². The predicted octanol–water partition coefficient (Wildman–Crippen LogP) is -1.52. The molecule has 0 spiro atoms. The van der Waals surface area contributed by atoms with Gasteiger partial charge in [0.15, 0.2) is 6.54 Å². The SMILES string of the molecule is C/C(=N\NC(=O)C[NH+](C)C)c1ccc(O)c(C(N)=O)c1. The van der Waals surface area contributed by atoms with E-state index in [0.29, 0.717) is 17.8 Å². The number of rotatable bonds is 5. The normalized spacial score (nSPS) is 11.5. The van der Waals surface area contributed by atoms with Gasteiger partial charge in [0, 0.05) is 0 Å². The summed E-state index contributed by atoms with van der Waals surface area (Å²) in [7, 11) is 3.71. The summed E-state index contributed by atoms with van der Waals surface area (Å²) in [5.41, 5.74) is 8.69. The molecule has 0 saturated heterocycles. The number of nitrogens with zero attached hydrogens (tertiary/aromatic N) is 1. The van der Waals surface area contributed by atoms with E-state index in [2.05, 4.69) is 10.5 Å². The van der Waals surface area contributed by atoms with Crippen LogP contribution in [0, 0.1) is 0 Å². The van der Waals surface area contributed by atoms with Crippen LogP contribution in [0.2, 0.25) is 0 Å². The fourth-order valence-electron chi connectivity index (χ4n) is 1.53. The topological polar surface area (TPSA) is 109 Å². The van der Waals surface area contributed by atoms with Gasteiger partial charge in [-0.25, -0.2) is 5.43 Å². The number of aromatic hydroxyl groups is 1. The molecule has 0 aliphatic rings. The number of benzene rings is 1. The third kappa shape index (κ3) is 4.36. The molecular formula is C13H19N4O3+. The summed E-state index contributed by atoms with van der Waals surface area (Å²) in [5.74, 6) is -1.12. The number of amides is 2. The number of primary amides is 1. The maximum atomic E-state index is 11.5. The zero-order valence-electron chi connectivity index (χ0n) is 11.7. The lowest BCUT2D eigenvalue weighted by Crippen LogP contribution is -3.07. The molecule has 7 heteroatoms. The molecule has 1 aromatic carbocycles. The highest BCUT2D eigenvalue weighted by atomic mass is 16.3. The lowest BCUT2D eigenvalue weighted by molar-refractivity contribution is -0.849. The lowest BCUT2D eigenvalue weighted by Gasteiger charge is -2.07. The molecule has 0 atom stereocenters. The second-order valence-electron chi connectivity index (χ2n) is 4.71. The van der Waals surface area contributed by atoms with E-state index in [-0.39, 0.29) is 17.2 Å². The lowest BCUT2D eigenvalue weighted by atomic mass is 10.1. The van der Waals surface area contributed by atoms with Gasteiger partial charge in [-0.3, -0.25) is 9.59 Å². The zero-order valence-corrected chi connectivity index (χ0v) is 11.7. The van der Waals surface area contributed by atoms with Crippen LogP contribution in [0.3, 0.4) is 0 Å². The average Bonchev–Trinajstić information content (AvgIpc) is 2.35. The number of carbonyl (C=O) groups excluding carboxylic acids is 2. The van der Waals surface area contributed by atoms with E-state index < -0.39 is 5.91 Å². The van der Waals surface area contributed by atoms with Gasteiger partial charge in [-0.2, -0.15) is 5.10 Å². The number of carbonyl (C=O) groups is 2. The molecule has 20 heavy (non-hydrogen) atoms. The molecule has 0 aliphatic heterocycles. The third-order valence-corrected chi connectivity index (χ3v) is 2.54. The second-order valence-corrected chi connectivity index (χ2v) is 4.71. The molecule has 5 N–H and O–H groups in total. The first-order valence-corrected chi connectivity index (χ1v) is 6.06. The molecule has 0 aliphatic carbocycles. The highest BCUT2D eigenvalue weighted by molar-refractivity contribution is 6.03. The highest BCUT2D eigenvalue weighted by Crippen LogP contribution is 2.18. The maximum Gasteiger partial charge on any atom is 0.295 e. The fourth-order valence-corrected chi connectivity index (χ4v) is 1.53. The first kappa shape index (κ1) is 15.6. The standard InChI is InChI=1S/C13H18N4O3/c1-8(15-16-12(19)7-17(2)3)9-4-5-11(18)10(6-9)13(14)20/h4-6,18H,7H2,1-3H3,(H2,14,20)(H,16,19)/p+1/b15-8+. The summed E-state index contributed by atoms with van der Waals surface area (Å²) >= 11 is 0. The van der Waals surface area contributed by atoms with E-state index in [9.17, 15) is 14.7 Å². The van der Waals surface area contributed by atoms with Crippen molar-refractivity contribution in [3.63, 3.8) is 0 Å². The molecule has 1 aromatic rings. The zero-order chi connectivity index (χ0) is 15.3. The Morgan fingerprint density at radius 1 is 1.40 bits per heavy atom. The maximum absolute atomic E-state index is 11.5. The molecule has 0 bridgehead atoms. The van der Waals surface area contributed by atoms with Crippen LogP contribution in [0.5, 0.6) is 5.75 Å². The average molecular weight is 279 g/mol. The van der Waals surface area contributed by atoms with Crippen LogP contribution in [0.15, 0.2) is 23.3 Å². The Labute approximate surface area is 117 Å². The Bertz CT molecular complexity index is 553. The molecule has 0 unspecified atom stereocenters. The van der Waals surface area contributed by atoms with Crippen molar-refractivity contribution in [1.29, 1.82) is 0 Å². The van der Waals surface area contributed by atoms with Gasteiger partial charge in [-0.05, 0) is 30.7 Å². The minimum Gasteiger partial charge on any atom is -0.507 e. The van der Waals surface area contributed by atoms with Crippen LogP contribution in [-0.4, -0.2) is 43.3 Å². The number of hydrogen-bond donors (Lipinski definition) is 4. The largest absolute Gasteiger partial charge is 0.507 e. The van der Waals surface area contributed by atoms with Gasteiger partial charge in [0.25, 0.3) is 11.8 Å². The van der Waals surface area contributed by atoms with Crippen molar-refractivity contribution in [3.8, 4) is 5.75 Å². The molecule has 7 nitrogen and oxygen atoms in total. The van der Waals surface area contributed by atoms with Crippen molar-refractivity contribution in [2.45, 2.75) is 6.92 Å². The van der Waals surface area contributed by atoms with Gasteiger partial charge < -0.3 is 15.7 Å². The third-order valence-electron chi connectivity index (χ3n) is 2.54. The molecule has 2 amide bonds. The van der Waals surface area contributed by atoms with Crippen LogP contribution in [0.4, 0.5) is 0 Å². The van der Waals surface area contributed by atoms with Crippen LogP contribution in [-0.2, 0) is 4.79 Å². The fraction of sp³-hybridized carbons (Fsp3) is 0.308.